The van der Waals surface area contributed by atoms with Crippen LogP contribution in [0.5, 0.6) is 0 Å². The van der Waals surface area contributed by atoms with Gasteiger partial charge in [-0.25, -0.2) is 22.7 Å². The van der Waals surface area contributed by atoms with Crippen molar-refractivity contribution in [3.05, 3.63) is 48.3 Å². The molecule has 9 nitrogen and oxygen atoms in total. The zero-order valence-electron chi connectivity index (χ0n) is 19.3. The smallest absolute Gasteiger partial charge is 0.211 e. The Balaban J connectivity index is 1.34. The first-order valence-electron chi connectivity index (χ1n) is 11.7. The summed E-state index contributed by atoms with van der Waals surface area (Å²) in [4.78, 5) is 13.9. The van der Waals surface area contributed by atoms with Gasteiger partial charge in [-0.05, 0) is 30.4 Å². The largest absolute Gasteiger partial charge is 0.374 e. The lowest BCUT2D eigenvalue weighted by Crippen LogP contribution is -2.42. The third kappa shape index (κ3) is 5.20. The van der Waals surface area contributed by atoms with Crippen molar-refractivity contribution in [2.45, 2.75) is 24.9 Å². The van der Waals surface area contributed by atoms with Gasteiger partial charge in [-0.2, -0.15) is 0 Å². The molecule has 1 atom stereocenters. The highest BCUT2D eigenvalue weighted by Crippen LogP contribution is 2.31. The average molecular weight is 483 g/mol. The van der Waals surface area contributed by atoms with Crippen LogP contribution in [0.3, 0.4) is 0 Å². The number of hydrogen-bond acceptors (Lipinski definition) is 8. The summed E-state index contributed by atoms with van der Waals surface area (Å²) in [6.07, 6.45) is 6.41. The fourth-order valence-corrected chi connectivity index (χ4v) is 5.53. The molecule has 2 aliphatic heterocycles. The van der Waals surface area contributed by atoms with E-state index in [0.717, 1.165) is 48.2 Å². The van der Waals surface area contributed by atoms with Crippen LogP contribution < -0.4 is 10.6 Å². The first-order valence-corrected chi connectivity index (χ1v) is 13.6. The van der Waals surface area contributed by atoms with E-state index >= 15 is 0 Å². The zero-order chi connectivity index (χ0) is 23.5. The molecule has 2 fully saturated rings. The Morgan fingerprint density at radius 2 is 1.91 bits per heavy atom. The minimum absolute atomic E-state index is 0.0827. The molecule has 1 aromatic carbocycles. The molecule has 2 N–H and O–H groups in total. The zero-order valence-corrected chi connectivity index (χ0v) is 20.1. The number of sulfonamides is 1. The van der Waals surface area contributed by atoms with Gasteiger partial charge in [-0.3, -0.25) is 4.98 Å². The maximum Gasteiger partial charge on any atom is 0.211 e. The summed E-state index contributed by atoms with van der Waals surface area (Å²) in [5.41, 5.74) is 4.59. The van der Waals surface area contributed by atoms with Gasteiger partial charge in [0.2, 0.25) is 10.0 Å². The Hall–Kier alpha value is -2.66. The molecular formula is C24H30N6O3S. The minimum atomic E-state index is -3.11. The molecule has 2 saturated heterocycles. The van der Waals surface area contributed by atoms with Crippen LogP contribution in [0.4, 0.5) is 5.82 Å². The fraction of sp³-hybridized carbons (Fsp3) is 0.458. The molecule has 5 rings (SSSR count). The van der Waals surface area contributed by atoms with E-state index in [9.17, 15) is 8.42 Å². The number of rotatable bonds is 6. The van der Waals surface area contributed by atoms with E-state index in [1.807, 2.05) is 6.07 Å². The number of pyridine rings is 1. The van der Waals surface area contributed by atoms with Gasteiger partial charge in [0.25, 0.3) is 0 Å². The molecule has 0 spiro atoms. The molecule has 0 bridgehead atoms. The molecule has 4 heterocycles. The second-order valence-electron chi connectivity index (χ2n) is 8.92. The van der Waals surface area contributed by atoms with E-state index in [4.69, 9.17) is 9.72 Å². The van der Waals surface area contributed by atoms with E-state index in [2.05, 4.69) is 44.9 Å². The number of ether oxygens (including phenoxy) is 1. The Bertz CT molecular complexity index is 1240. The number of nitrogens with zero attached hydrogens (tertiary/aromatic N) is 4. The summed E-state index contributed by atoms with van der Waals surface area (Å²) in [5.74, 6) is 1.07. The van der Waals surface area contributed by atoms with Crippen molar-refractivity contribution in [3.63, 3.8) is 0 Å². The van der Waals surface area contributed by atoms with Gasteiger partial charge in [-0.15, -0.1) is 0 Å². The SMILES string of the molecule is CS(=O)(=O)N1CCC(c2ccc(-c3cc4nccnc4c(NC[C@H]4CNCCO4)n3)cc2)CC1. The summed E-state index contributed by atoms with van der Waals surface area (Å²) >= 11 is 0. The number of morpholine rings is 1. The maximum atomic E-state index is 11.8. The number of nitrogens with one attached hydrogen (secondary N) is 2. The first-order chi connectivity index (χ1) is 16.5. The summed E-state index contributed by atoms with van der Waals surface area (Å²) in [5, 5.41) is 6.76. The molecule has 0 amide bonds. The van der Waals surface area contributed by atoms with Crippen molar-refractivity contribution in [1.82, 2.24) is 24.6 Å². The minimum Gasteiger partial charge on any atom is -0.374 e. The summed E-state index contributed by atoms with van der Waals surface area (Å²) in [7, 11) is -3.11. The van der Waals surface area contributed by atoms with E-state index < -0.39 is 10.0 Å². The molecule has 10 heteroatoms. The quantitative estimate of drug-likeness (QED) is 0.551. The maximum absolute atomic E-state index is 11.8. The molecule has 0 unspecified atom stereocenters. The monoisotopic (exact) mass is 482 g/mol. The van der Waals surface area contributed by atoms with Crippen molar-refractivity contribution in [2.24, 2.45) is 0 Å². The summed E-state index contributed by atoms with van der Waals surface area (Å²) < 4.78 is 30.9. The molecule has 3 aromatic rings. The van der Waals surface area contributed by atoms with Crippen LogP contribution in [-0.4, -0.2) is 79.4 Å². The van der Waals surface area contributed by atoms with Crippen LogP contribution in [0.1, 0.15) is 24.3 Å². The van der Waals surface area contributed by atoms with E-state index in [1.165, 1.54) is 11.8 Å². The molecule has 0 saturated carbocycles. The van der Waals surface area contributed by atoms with Crippen LogP contribution in [0, 0.1) is 0 Å². The number of fused-ring (bicyclic) bond motifs is 1. The van der Waals surface area contributed by atoms with E-state index in [-0.39, 0.29) is 6.10 Å². The van der Waals surface area contributed by atoms with Gasteiger partial charge in [0.1, 0.15) is 5.52 Å². The number of anilines is 1. The van der Waals surface area contributed by atoms with Crippen LogP contribution in [0.25, 0.3) is 22.3 Å². The Morgan fingerprint density at radius 1 is 1.15 bits per heavy atom. The number of hydrogen-bond donors (Lipinski definition) is 2. The van der Waals surface area contributed by atoms with Crippen molar-refractivity contribution in [2.75, 3.05) is 50.9 Å². The lowest BCUT2D eigenvalue weighted by atomic mass is 9.89. The third-order valence-corrected chi connectivity index (χ3v) is 7.86. The van der Waals surface area contributed by atoms with E-state index in [1.54, 1.807) is 16.7 Å². The van der Waals surface area contributed by atoms with Crippen molar-refractivity contribution in [1.29, 1.82) is 0 Å². The van der Waals surface area contributed by atoms with Gasteiger partial charge in [0.15, 0.2) is 5.82 Å². The lowest BCUT2D eigenvalue weighted by Gasteiger charge is -2.30. The van der Waals surface area contributed by atoms with Crippen LogP contribution >= 0.6 is 0 Å². The van der Waals surface area contributed by atoms with Gasteiger partial charge in [-0.1, -0.05) is 24.3 Å². The van der Waals surface area contributed by atoms with Crippen LogP contribution in [-0.2, 0) is 14.8 Å². The predicted molar refractivity (Wildman–Crippen MR) is 132 cm³/mol. The van der Waals surface area contributed by atoms with Crippen molar-refractivity contribution < 1.29 is 13.2 Å². The highest BCUT2D eigenvalue weighted by Gasteiger charge is 2.25. The first kappa shape index (κ1) is 23.1. The highest BCUT2D eigenvalue weighted by molar-refractivity contribution is 7.88. The highest BCUT2D eigenvalue weighted by atomic mass is 32.2. The third-order valence-electron chi connectivity index (χ3n) is 6.56. The second-order valence-corrected chi connectivity index (χ2v) is 10.9. The number of benzene rings is 1. The van der Waals surface area contributed by atoms with Gasteiger partial charge < -0.3 is 15.4 Å². The lowest BCUT2D eigenvalue weighted by molar-refractivity contribution is 0.0372. The molecule has 34 heavy (non-hydrogen) atoms. The normalized spacial score (nSPS) is 20.4. The van der Waals surface area contributed by atoms with Crippen molar-refractivity contribution in [3.8, 4) is 11.3 Å². The fourth-order valence-electron chi connectivity index (χ4n) is 4.65. The molecule has 0 radical (unpaired) electrons. The summed E-state index contributed by atoms with van der Waals surface area (Å²) in [6.45, 7) is 4.18. The van der Waals surface area contributed by atoms with Gasteiger partial charge in [0, 0.05) is 50.7 Å². The molecule has 2 aromatic heterocycles. The molecule has 0 aliphatic carbocycles. The average Bonchev–Trinajstić information content (AvgIpc) is 2.87. The van der Waals surface area contributed by atoms with Crippen LogP contribution in [0.2, 0.25) is 0 Å². The Kier molecular flexibility index (Phi) is 6.73. The molecular weight excluding hydrogens is 452 g/mol. The Morgan fingerprint density at radius 3 is 2.62 bits per heavy atom. The molecule has 180 valence electrons. The standard InChI is InChI=1S/C24H30N6O3S/c1-34(31,32)30-11-6-18(7-12-30)17-2-4-19(5-3-17)21-14-22-23(27-9-8-26-22)24(29-21)28-16-20-15-25-10-13-33-20/h2-5,8-9,14,18,20,25H,6-7,10-13,15-16H2,1H3,(H,28,29)/t20-/m1/s1. The topological polar surface area (TPSA) is 109 Å². The van der Waals surface area contributed by atoms with Gasteiger partial charge in [0.05, 0.1) is 30.2 Å². The number of aromatic nitrogens is 3. The second kappa shape index (κ2) is 9.91. The van der Waals surface area contributed by atoms with Crippen molar-refractivity contribution >= 4 is 26.9 Å². The van der Waals surface area contributed by atoms with Gasteiger partial charge >= 0.3 is 0 Å². The molecule has 2 aliphatic rings. The predicted octanol–water partition coefficient (Wildman–Crippen LogP) is 2.23. The Labute approximate surface area is 200 Å². The van der Waals surface area contributed by atoms with Crippen LogP contribution in [0.15, 0.2) is 42.7 Å². The number of piperidine rings is 1. The summed E-state index contributed by atoms with van der Waals surface area (Å²) in [6, 6.07) is 10.4. The van der Waals surface area contributed by atoms with E-state index in [0.29, 0.717) is 38.0 Å².